The van der Waals surface area contributed by atoms with Gasteiger partial charge in [0.15, 0.2) is 0 Å². The van der Waals surface area contributed by atoms with Crippen molar-refractivity contribution < 1.29 is 9.90 Å². The maximum absolute atomic E-state index is 11.8. The number of aliphatic hydroxyl groups is 1. The molecule has 0 spiro atoms. The van der Waals surface area contributed by atoms with Gasteiger partial charge in [0.05, 0.1) is 12.1 Å². The van der Waals surface area contributed by atoms with Gasteiger partial charge in [0, 0.05) is 15.8 Å². The second-order valence-electron chi connectivity index (χ2n) is 5.10. The summed E-state index contributed by atoms with van der Waals surface area (Å²) < 4.78 is 0. The molecule has 1 heterocycles. The number of aliphatic hydroxyl groups excluding tert-OH is 1. The van der Waals surface area contributed by atoms with Crippen molar-refractivity contribution >= 4 is 23.3 Å². The van der Waals surface area contributed by atoms with Gasteiger partial charge in [0.25, 0.3) is 0 Å². The van der Waals surface area contributed by atoms with E-state index < -0.39 is 6.10 Å². The number of carbonyl (C=O) groups excluding carboxylic acids is 1. The summed E-state index contributed by atoms with van der Waals surface area (Å²) in [5.41, 5.74) is 0. The number of aryl methyl sites for hydroxylation is 1. The molecule has 2 N–H and O–H groups in total. The van der Waals surface area contributed by atoms with Crippen LogP contribution in [0, 0.1) is 6.92 Å². The van der Waals surface area contributed by atoms with Crippen LogP contribution in [0.1, 0.15) is 41.9 Å². The number of rotatable bonds is 3. The molecule has 4 heteroatoms. The van der Waals surface area contributed by atoms with E-state index in [0.717, 1.165) is 37.0 Å². The predicted molar refractivity (Wildman–Crippen MR) is 79.1 cm³/mol. The highest BCUT2D eigenvalue weighted by Crippen LogP contribution is 2.18. The summed E-state index contributed by atoms with van der Waals surface area (Å²) in [5.74, 6) is -0.114. The van der Waals surface area contributed by atoms with Crippen molar-refractivity contribution in [1.82, 2.24) is 5.32 Å². The number of hydrogen-bond acceptors (Lipinski definition) is 3. The number of hydrogen-bond donors (Lipinski definition) is 2. The highest BCUT2D eigenvalue weighted by atomic mass is 32.1. The monoisotopic (exact) mass is 279 g/mol. The van der Waals surface area contributed by atoms with Crippen molar-refractivity contribution in [3.63, 3.8) is 0 Å². The molecule has 2 atom stereocenters. The van der Waals surface area contributed by atoms with Crippen LogP contribution < -0.4 is 5.32 Å². The maximum Gasteiger partial charge on any atom is 0.244 e. The summed E-state index contributed by atoms with van der Waals surface area (Å²) in [6.45, 7) is 2.05. The quantitative estimate of drug-likeness (QED) is 0.660. The summed E-state index contributed by atoms with van der Waals surface area (Å²) >= 11 is 1.66. The van der Waals surface area contributed by atoms with Crippen LogP contribution in [0.2, 0.25) is 0 Å². The Morgan fingerprint density at radius 1 is 1.37 bits per heavy atom. The third-order valence-corrected chi connectivity index (χ3v) is 4.43. The lowest BCUT2D eigenvalue weighted by atomic mass is 10.1. The van der Waals surface area contributed by atoms with Crippen molar-refractivity contribution in [2.24, 2.45) is 0 Å². The normalized spacial score (nSPS) is 24.3. The van der Waals surface area contributed by atoms with Gasteiger partial charge >= 0.3 is 0 Å². The van der Waals surface area contributed by atoms with E-state index >= 15 is 0 Å². The fraction of sp³-hybridized carbons (Fsp3) is 0.533. The van der Waals surface area contributed by atoms with E-state index in [2.05, 4.69) is 5.32 Å². The van der Waals surface area contributed by atoms with Crippen LogP contribution in [0.5, 0.6) is 0 Å². The average Bonchev–Trinajstić information content (AvgIpc) is 2.69. The number of thiophene rings is 1. The molecule has 19 heavy (non-hydrogen) atoms. The molecule has 1 aromatic rings. The molecule has 1 saturated carbocycles. The zero-order valence-electron chi connectivity index (χ0n) is 11.3. The van der Waals surface area contributed by atoms with Gasteiger partial charge in [-0.1, -0.05) is 19.3 Å². The SMILES string of the molecule is Cc1ccc(/C=C/C(=O)NC2CCCCCC2O)s1. The molecular formula is C15H21NO2S. The first kappa shape index (κ1) is 14.3. The number of carbonyl (C=O) groups is 1. The third kappa shape index (κ3) is 4.48. The summed E-state index contributed by atoms with van der Waals surface area (Å²) in [6.07, 6.45) is 7.93. The van der Waals surface area contributed by atoms with Crippen molar-refractivity contribution in [2.75, 3.05) is 0 Å². The molecule has 1 aliphatic carbocycles. The Bertz CT molecular complexity index is 453. The van der Waals surface area contributed by atoms with E-state index in [1.54, 1.807) is 17.4 Å². The molecule has 0 bridgehead atoms. The van der Waals surface area contributed by atoms with Gasteiger partial charge in [-0.25, -0.2) is 0 Å². The topological polar surface area (TPSA) is 49.3 Å². The fourth-order valence-corrected chi connectivity index (χ4v) is 3.17. The molecule has 1 fully saturated rings. The van der Waals surface area contributed by atoms with E-state index in [1.807, 2.05) is 25.1 Å². The lowest BCUT2D eigenvalue weighted by molar-refractivity contribution is -0.118. The molecule has 104 valence electrons. The van der Waals surface area contributed by atoms with Crippen LogP contribution in [-0.2, 0) is 4.79 Å². The maximum atomic E-state index is 11.8. The Hall–Kier alpha value is -1.13. The second kappa shape index (κ2) is 6.87. The Balaban J connectivity index is 1.87. The van der Waals surface area contributed by atoms with Gasteiger partial charge in [-0.05, 0) is 38.0 Å². The first-order valence-corrected chi connectivity index (χ1v) is 7.70. The summed E-state index contributed by atoms with van der Waals surface area (Å²) in [6, 6.07) is 3.95. The van der Waals surface area contributed by atoms with Gasteiger partial charge < -0.3 is 10.4 Å². The average molecular weight is 279 g/mol. The summed E-state index contributed by atoms with van der Waals surface area (Å²) in [5, 5.41) is 12.9. The zero-order chi connectivity index (χ0) is 13.7. The van der Waals surface area contributed by atoms with E-state index in [-0.39, 0.29) is 11.9 Å². The predicted octanol–water partition coefficient (Wildman–Crippen LogP) is 2.88. The van der Waals surface area contributed by atoms with Crippen LogP contribution in [0.3, 0.4) is 0 Å². The van der Waals surface area contributed by atoms with Crippen LogP contribution >= 0.6 is 11.3 Å². The van der Waals surface area contributed by atoms with Crippen molar-refractivity contribution in [3.05, 3.63) is 28.0 Å². The molecule has 1 aliphatic rings. The van der Waals surface area contributed by atoms with E-state index in [9.17, 15) is 9.90 Å². The van der Waals surface area contributed by atoms with Crippen LogP contribution in [0.4, 0.5) is 0 Å². The zero-order valence-corrected chi connectivity index (χ0v) is 12.1. The summed E-state index contributed by atoms with van der Waals surface area (Å²) in [7, 11) is 0. The second-order valence-corrected chi connectivity index (χ2v) is 6.42. The number of nitrogens with one attached hydrogen (secondary N) is 1. The largest absolute Gasteiger partial charge is 0.391 e. The minimum atomic E-state index is -0.399. The highest BCUT2D eigenvalue weighted by Gasteiger charge is 2.22. The lowest BCUT2D eigenvalue weighted by Crippen LogP contribution is -2.41. The Labute approximate surface area is 118 Å². The standard InChI is InChI=1S/C15H21NO2S/c1-11-7-8-12(19-11)9-10-15(18)16-13-5-3-2-4-6-14(13)17/h7-10,13-14,17H,2-6H2,1H3,(H,16,18)/b10-9+. The van der Waals surface area contributed by atoms with Crippen LogP contribution in [0.15, 0.2) is 18.2 Å². The first-order valence-electron chi connectivity index (χ1n) is 6.88. The Morgan fingerprint density at radius 2 is 2.16 bits per heavy atom. The Kier molecular flexibility index (Phi) is 5.16. The molecule has 3 nitrogen and oxygen atoms in total. The van der Waals surface area contributed by atoms with Crippen LogP contribution in [-0.4, -0.2) is 23.2 Å². The summed E-state index contributed by atoms with van der Waals surface area (Å²) in [4.78, 5) is 14.2. The van der Waals surface area contributed by atoms with Gasteiger partial charge in [-0.15, -0.1) is 11.3 Å². The minimum absolute atomic E-state index is 0.0929. The molecule has 2 unspecified atom stereocenters. The van der Waals surface area contributed by atoms with E-state index in [4.69, 9.17) is 0 Å². The molecule has 0 aromatic carbocycles. The van der Waals surface area contributed by atoms with Gasteiger partial charge in [-0.3, -0.25) is 4.79 Å². The highest BCUT2D eigenvalue weighted by molar-refractivity contribution is 7.12. The third-order valence-electron chi connectivity index (χ3n) is 3.47. The molecule has 0 aliphatic heterocycles. The lowest BCUT2D eigenvalue weighted by Gasteiger charge is -2.20. The van der Waals surface area contributed by atoms with Crippen LogP contribution in [0.25, 0.3) is 6.08 Å². The first-order chi connectivity index (χ1) is 9.15. The van der Waals surface area contributed by atoms with Crippen molar-refractivity contribution in [2.45, 2.75) is 51.2 Å². The smallest absolute Gasteiger partial charge is 0.244 e. The molecule has 0 radical (unpaired) electrons. The van der Waals surface area contributed by atoms with Gasteiger partial charge in [-0.2, -0.15) is 0 Å². The molecule has 2 rings (SSSR count). The van der Waals surface area contributed by atoms with Gasteiger partial charge in [0.2, 0.25) is 5.91 Å². The Morgan fingerprint density at radius 3 is 2.89 bits per heavy atom. The van der Waals surface area contributed by atoms with E-state index in [0.29, 0.717) is 0 Å². The molecule has 1 aromatic heterocycles. The molecular weight excluding hydrogens is 258 g/mol. The van der Waals surface area contributed by atoms with Gasteiger partial charge in [0.1, 0.15) is 0 Å². The molecule has 1 amide bonds. The fourth-order valence-electron chi connectivity index (χ4n) is 2.39. The minimum Gasteiger partial charge on any atom is -0.391 e. The van der Waals surface area contributed by atoms with Crippen molar-refractivity contribution in [1.29, 1.82) is 0 Å². The van der Waals surface area contributed by atoms with Crippen molar-refractivity contribution in [3.8, 4) is 0 Å². The molecule has 0 saturated heterocycles. The number of amides is 1. The van der Waals surface area contributed by atoms with E-state index in [1.165, 1.54) is 4.88 Å².